The maximum absolute atomic E-state index is 14.8. The number of hydrogen-bond donors (Lipinski definition) is 1. The van der Waals surface area contributed by atoms with Crippen molar-refractivity contribution in [1.82, 2.24) is 4.90 Å². The van der Waals surface area contributed by atoms with Gasteiger partial charge in [-0.1, -0.05) is 54.1 Å². The van der Waals surface area contributed by atoms with E-state index in [1.165, 1.54) is 26.0 Å². The lowest BCUT2D eigenvalue weighted by Crippen LogP contribution is -2.26. The van der Waals surface area contributed by atoms with Gasteiger partial charge in [-0.05, 0) is 43.5 Å². The van der Waals surface area contributed by atoms with Crippen LogP contribution in [0, 0.1) is 5.82 Å². The van der Waals surface area contributed by atoms with Crippen LogP contribution in [-0.4, -0.2) is 37.8 Å². The van der Waals surface area contributed by atoms with Crippen LogP contribution in [0.4, 0.5) is 17.6 Å². The Bertz CT molecular complexity index is 1390. The Morgan fingerprint density at radius 3 is 2.26 bits per heavy atom. The lowest BCUT2D eigenvalue weighted by molar-refractivity contribution is -0.137. The molecule has 0 saturated heterocycles. The van der Waals surface area contributed by atoms with Gasteiger partial charge in [0.25, 0.3) is 0 Å². The molecule has 0 aliphatic rings. The van der Waals surface area contributed by atoms with Gasteiger partial charge in [-0.2, -0.15) is 13.2 Å². The summed E-state index contributed by atoms with van der Waals surface area (Å²) in [5, 5.41) is 9.93. The van der Waals surface area contributed by atoms with Gasteiger partial charge in [-0.15, -0.1) is 0 Å². The smallest absolute Gasteiger partial charge is 0.417 e. The van der Waals surface area contributed by atoms with Crippen LogP contribution in [-0.2, 0) is 34.7 Å². The maximum Gasteiger partial charge on any atom is 0.417 e. The van der Waals surface area contributed by atoms with Crippen molar-refractivity contribution >= 4 is 21.4 Å². The van der Waals surface area contributed by atoms with Gasteiger partial charge in [0.1, 0.15) is 11.6 Å². The van der Waals surface area contributed by atoms with E-state index in [0.29, 0.717) is 25.1 Å². The van der Waals surface area contributed by atoms with Crippen molar-refractivity contribution in [2.75, 3.05) is 19.4 Å². The quantitative estimate of drug-likeness (QED) is 0.202. The average Bonchev–Trinajstić information content (AvgIpc) is 2.81. The highest BCUT2D eigenvalue weighted by atomic mass is 35.5. The molecule has 0 heterocycles. The molecule has 0 fully saturated rings. The molecule has 11 heteroatoms. The zero-order chi connectivity index (χ0) is 29.0. The molecule has 0 unspecified atom stereocenters. The molecule has 0 aromatic heterocycles. The molecule has 1 N–H and O–H groups in total. The summed E-state index contributed by atoms with van der Waals surface area (Å²) < 4.78 is 85.0. The van der Waals surface area contributed by atoms with Crippen LogP contribution in [0.3, 0.4) is 0 Å². The SMILES string of the molecule is CC(C)(O)c1c(F)cc(OCCCN(Cc2ccccc2)Cc2cccc(C(F)(F)F)c2Cl)cc1S(C)(=O)=O. The third-order valence-corrected chi connectivity index (χ3v) is 7.52. The molecule has 3 rings (SSSR count). The first-order valence-corrected chi connectivity index (χ1v) is 14.3. The van der Waals surface area contributed by atoms with Crippen LogP contribution in [0.2, 0.25) is 5.02 Å². The van der Waals surface area contributed by atoms with E-state index in [-0.39, 0.29) is 34.4 Å². The van der Waals surface area contributed by atoms with Gasteiger partial charge in [0.05, 0.1) is 27.7 Å². The summed E-state index contributed by atoms with van der Waals surface area (Å²) >= 11 is 6.12. The van der Waals surface area contributed by atoms with E-state index in [1.807, 2.05) is 35.2 Å². The molecule has 39 heavy (non-hydrogen) atoms. The summed E-state index contributed by atoms with van der Waals surface area (Å²) in [5.41, 5.74) is -1.70. The largest absolute Gasteiger partial charge is 0.493 e. The third kappa shape index (κ3) is 8.41. The van der Waals surface area contributed by atoms with Crippen molar-refractivity contribution in [1.29, 1.82) is 0 Å². The van der Waals surface area contributed by atoms with Gasteiger partial charge in [0.2, 0.25) is 0 Å². The van der Waals surface area contributed by atoms with E-state index >= 15 is 0 Å². The molecule has 0 amide bonds. The summed E-state index contributed by atoms with van der Waals surface area (Å²) in [4.78, 5) is 1.55. The Hall–Kier alpha value is -2.66. The van der Waals surface area contributed by atoms with Crippen molar-refractivity contribution in [3.8, 4) is 5.75 Å². The number of benzene rings is 3. The predicted molar refractivity (Wildman–Crippen MR) is 142 cm³/mol. The highest BCUT2D eigenvalue weighted by molar-refractivity contribution is 7.90. The van der Waals surface area contributed by atoms with E-state index in [1.54, 1.807) is 6.07 Å². The van der Waals surface area contributed by atoms with Gasteiger partial charge in [-0.3, -0.25) is 4.90 Å². The molecule has 0 aliphatic carbocycles. The zero-order valence-electron chi connectivity index (χ0n) is 21.7. The highest BCUT2D eigenvalue weighted by Crippen LogP contribution is 2.37. The van der Waals surface area contributed by atoms with Crippen molar-refractivity contribution < 1.29 is 35.8 Å². The fraction of sp³-hybridized carbons (Fsp3) is 0.357. The zero-order valence-corrected chi connectivity index (χ0v) is 23.3. The standard InChI is InChI=1S/C28H30ClF4NO4S/c1-27(2,35)25-23(30)15-21(16-24(25)39(3,36)37)38-14-8-13-34(17-19-9-5-4-6-10-19)18-20-11-7-12-22(26(20)29)28(31,32)33/h4-7,9-12,15-16,35H,8,13-14,17-18H2,1-3H3. The van der Waals surface area contributed by atoms with E-state index in [2.05, 4.69) is 0 Å². The summed E-state index contributed by atoms with van der Waals surface area (Å²) in [7, 11) is -3.87. The van der Waals surface area contributed by atoms with Crippen LogP contribution in [0.1, 0.15) is 42.5 Å². The monoisotopic (exact) mass is 587 g/mol. The second kappa shape index (κ2) is 12.2. The minimum Gasteiger partial charge on any atom is -0.493 e. The van der Waals surface area contributed by atoms with Crippen LogP contribution in [0.15, 0.2) is 65.6 Å². The number of ether oxygens (including phenoxy) is 1. The van der Waals surface area contributed by atoms with Gasteiger partial charge >= 0.3 is 6.18 Å². The Labute approximate surface area is 230 Å². The molecule has 0 bridgehead atoms. The first kappa shape index (κ1) is 30.9. The number of sulfone groups is 1. The molecule has 5 nitrogen and oxygen atoms in total. The van der Waals surface area contributed by atoms with E-state index in [9.17, 15) is 31.1 Å². The van der Waals surface area contributed by atoms with Crippen LogP contribution < -0.4 is 4.74 Å². The molecular formula is C28H30ClF4NO4S. The lowest BCUT2D eigenvalue weighted by Gasteiger charge is -2.24. The van der Waals surface area contributed by atoms with Crippen molar-refractivity contribution in [2.45, 2.75) is 50.0 Å². The fourth-order valence-corrected chi connectivity index (χ4v) is 5.56. The molecule has 212 valence electrons. The molecule has 3 aromatic carbocycles. The van der Waals surface area contributed by atoms with Gasteiger partial charge in [0, 0.05) is 37.5 Å². The Morgan fingerprint density at radius 1 is 1.00 bits per heavy atom. The highest BCUT2D eigenvalue weighted by Gasteiger charge is 2.34. The molecule has 0 saturated carbocycles. The number of hydrogen-bond acceptors (Lipinski definition) is 5. The van der Waals surface area contributed by atoms with E-state index in [0.717, 1.165) is 24.0 Å². The maximum atomic E-state index is 14.8. The molecule has 0 aliphatic heterocycles. The topological polar surface area (TPSA) is 66.8 Å². The Balaban J connectivity index is 1.76. The van der Waals surface area contributed by atoms with Crippen LogP contribution in [0.25, 0.3) is 0 Å². The van der Waals surface area contributed by atoms with E-state index in [4.69, 9.17) is 16.3 Å². The summed E-state index contributed by atoms with van der Waals surface area (Å²) in [6.45, 7) is 3.62. The number of nitrogens with zero attached hydrogens (tertiary/aromatic N) is 1. The Morgan fingerprint density at radius 2 is 1.67 bits per heavy atom. The lowest BCUT2D eigenvalue weighted by atomic mass is 9.97. The van der Waals surface area contributed by atoms with Crippen molar-refractivity contribution in [3.05, 3.63) is 93.8 Å². The number of halogens is 5. The summed E-state index contributed by atoms with van der Waals surface area (Å²) in [5.74, 6) is -0.929. The molecule has 0 radical (unpaired) electrons. The first-order chi connectivity index (χ1) is 18.1. The number of alkyl halides is 3. The summed E-state index contributed by atoms with van der Waals surface area (Å²) in [6.07, 6.45) is -3.26. The van der Waals surface area contributed by atoms with Gasteiger partial charge in [0.15, 0.2) is 9.84 Å². The van der Waals surface area contributed by atoms with Crippen molar-refractivity contribution in [3.63, 3.8) is 0 Å². The normalized spacial score (nSPS) is 12.7. The van der Waals surface area contributed by atoms with Crippen LogP contribution in [0.5, 0.6) is 5.75 Å². The third-order valence-electron chi connectivity index (χ3n) is 5.95. The average molecular weight is 588 g/mol. The van der Waals surface area contributed by atoms with E-state index < -0.39 is 33.0 Å². The van der Waals surface area contributed by atoms with Gasteiger partial charge < -0.3 is 9.84 Å². The predicted octanol–water partition coefficient (Wildman–Crippen LogP) is 6.60. The summed E-state index contributed by atoms with van der Waals surface area (Å²) in [6, 6.07) is 15.4. The van der Waals surface area contributed by atoms with Crippen LogP contribution >= 0.6 is 11.6 Å². The molecule has 3 aromatic rings. The fourth-order valence-electron chi connectivity index (χ4n) is 4.22. The first-order valence-electron chi connectivity index (χ1n) is 12.1. The number of aliphatic hydroxyl groups is 1. The molecule has 0 atom stereocenters. The second-order valence-electron chi connectivity index (χ2n) is 9.78. The minimum absolute atomic E-state index is 0.0172. The molecule has 0 spiro atoms. The Kier molecular flexibility index (Phi) is 9.69. The molecular weight excluding hydrogens is 558 g/mol. The van der Waals surface area contributed by atoms with Crippen molar-refractivity contribution in [2.24, 2.45) is 0 Å². The van der Waals surface area contributed by atoms with Gasteiger partial charge in [-0.25, -0.2) is 12.8 Å². The minimum atomic E-state index is -4.58. The second-order valence-corrected chi connectivity index (χ2v) is 12.1. The number of rotatable bonds is 11.